The quantitative estimate of drug-likeness (QED) is 0.712. The van der Waals surface area contributed by atoms with Crippen LogP contribution < -0.4 is 4.90 Å². The summed E-state index contributed by atoms with van der Waals surface area (Å²) in [4.78, 5) is 1.83. The summed E-state index contributed by atoms with van der Waals surface area (Å²) in [6, 6.07) is 4.54. The number of alkyl halides is 3. The summed E-state index contributed by atoms with van der Waals surface area (Å²) >= 11 is 0. The number of para-hydroxylation sites is 1. The van der Waals surface area contributed by atoms with Gasteiger partial charge in [-0.1, -0.05) is 12.1 Å². The molecule has 16 heavy (non-hydrogen) atoms. The third-order valence-corrected chi connectivity index (χ3v) is 2.96. The van der Waals surface area contributed by atoms with Gasteiger partial charge in [0, 0.05) is 12.6 Å². The molecule has 0 N–H and O–H groups in total. The van der Waals surface area contributed by atoms with Crippen molar-refractivity contribution in [3.63, 3.8) is 0 Å². The first-order valence-corrected chi connectivity index (χ1v) is 5.37. The lowest BCUT2D eigenvalue weighted by Crippen LogP contribution is -2.30. The highest BCUT2D eigenvalue weighted by atomic mass is 19.4. The fraction of sp³-hybridized carbons (Fsp3) is 0.500. The number of nitrogens with zero attached hydrogens (tertiary/aromatic N) is 1. The van der Waals surface area contributed by atoms with Crippen molar-refractivity contribution in [2.24, 2.45) is 0 Å². The molecule has 0 unspecified atom stereocenters. The number of fused-ring (bicyclic) bond motifs is 1. The second-order valence-electron chi connectivity index (χ2n) is 4.35. The van der Waals surface area contributed by atoms with Gasteiger partial charge in [0.15, 0.2) is 0 Å². The molecule has 2 rings (SSSR count). The van der Waals surface area contributed by atoms with E-state index in [9.17, 15) is 13.2 Å². The van der Waals surface area contributed by atoms with Crippen molar-refractivity contribution in [3.05, 3.63) is 29.3 Å². The van der Waals surface area contributed by atoms with Crippen LogP contribution in [-0.2, 0) is 12.6 Å². The first kappa shape index (κ1) is 11.3. The Hall–Kier alpha value is -1.19. The van der Waals surface area contributed by atoms with Crippen molar-refractivity contribution < 1.29 is 13.2 Å². The molecule has 88 valence electrons. The molecule has 0 saturated heterocycles. The van der Waals surface area contributed by atoms with E-state index in [1.807, 2.05) is 18.7 Å². The maximum atomic E-state index is 12.9. The zero-order valence-electron chi connectivity index (χ0n) is 9.30. The maximum Gasteiger partial charge on any atom is 0.418 e. The van der Waals surface area contributed by atoms with Gasteiger partial charge in [-0.3, -0.25) is 0 Å². The van der Waals surface area contributed by atoms with Gasteiger partial charge >= 0.3 is 6.18 Å². The molecule has 1 nitrogen and oxygen atoms in total. The van der Waals surface area contributed by atoms with Gasteiger partial charge < -0.3 is 4.90 Å². The van der Waals surface area contributed by atoms with Crippen LogP contribution in [0.4, 0.5) is 18.9 Å². The van der Waals surface area contributed by atoms with Gasteiger partial charge in [0.2, 0.25) is 0 Å². The summed E-state index contributed by atoms with van der Waals surface area (Å²) in [5.41, 5.74) is 0.685. The van der Waals surface area contributed by atoms with E-state index >= 15 is 0 Å². The highest BCUT2D eigenvalue weighted by Gasteiger charge is 2.38. The molecule has 0 saturated carbocycles. The summed E-state index contributed by atoms with van der Waals surface area (Å²) < 4.78 is 38.6. The Kier molecular flexibility index (Phi) is 2.60. The Morgan fingerprint density at radius 1 is 1.25 bits per heavy atom. The molecule has 1 aliphatic heterocycles. The smallest absolute Gasteiger partial charge is 0.368 e. The average molecular weight is 229 g/mol. The van der Waals surface area contributed by atoms with E-state index in [2.05, 4.69) is 0 Å². The van der Waals surface area contributed by atoms with E-state index in [1.165, 1.54) is 12.1 Å². The first-order chi connectivity index (χ1) is 7.41. The fourth-order valence-corrected chi connectivity index (χ4v) is 2.23. The van der Waals surface area contributed by atoms with E-state index in [-0.39, 0.29) is 6.04 Å². The molecular formula is C12H14F3N. The van der Waals surface area contributed by atoms with Crippen molar-refractivity contribution in [3.8, 4) is 0 Å². The minimum atomic E-state index is -4.26. The Morgan fingerprint density at radius 2 is 1.94 bits per heavy atom. The molecule has 0 atom stereocenters. The van der Waals surface area contributed by atoms with Crippen molar-refractivity contribution >= 4 is 5.69 Å². The van der Waals surface area contributed by atoms with E-state index in [4.69, 9.17) is 0 Å². The summed E-state index contributed by atoms with van der Waals surface area (Å²) in [7, 11) is 0. The molecule has 1 aliphatic rings. The van der Waals surface area contributed by atoms with Gasteiger partial charge in [-0.05, 0) is 31.9 Å². The van der Waals surface area contributed by atoms with Gasteiger partial charge in [0.05, 0.1) is 11.3 Å². The molecule has 1 heterocycles. The van der Waals surface area contributed by atoms with Crippen LogP contribution in [0.25, 0.3) is 0 Å². The van der Waals surface area contributed by atoms with E-state index in [0.29, 0.717) is 18.7 Å². The molecular weight excluding hydrogens is 215 g/mol. The minimum Gasteiger partial charge on any atom is -0.368 e. The number of hydrogen-bond donors (Lipinski definition) is 0. The third kappa shape index (κ3) is 1.77. The van der Waals surface area contributed by atoms with E-state index in [0.717, 1.165) is 5.56 Å². The SMILES string of the molecule is CC(C)N1CCc2cccc(C(F)(F)F)c21. The third-order valence-electron chi connectivity index (χ3n) is 2.96. The van der Waals surface area contributed by atoms with Gasteiger partial charge in [0.1, 0.15) is 0 Å². The number of benzene rings is 1. The van der Waals surface area contributed by atoms with Crippen molar-refractivity contribution in [1.82, 2.24) is 0 Å². The van der Waals surface area contributed by atoms with E-state index < -0.39 is 11.7 Å². The molecule has 1 aromatic carbocycles. The van der Waals surface area contributed by atoms with Crippen LogP contribution in [0.1, 0.15) is 25.0 Å². The summed E-state index contributed by atoms with van der Waals surface area (Å²) in [5, 5.41) is 0. The highest BCUT2D eigenvalue weighted by Crippen LogP contribution is 2.41. The fourth-order valence-electron chi connectivity index (χ4n) is 2.23. The Labute approximate surface area is 92.9 Å². The molecule has 0 aromatic heterocycles. The number of hydrogen-bond acceptors (Lipinski definition) is 1. The predicted molar refractivity (Wildman–Crippen MR) is 57.6 cm³/mol. The van der Waals surface area contributed by atoms with Crippen molar-refractivity contribution in [2.75, 3.05) is 11.4 Å². The second-order valence-corrected chi connectivity index (χ2v) is 4.35. The van der Waals surface area contributed by atoms with Gasteiger partial charge in [-0.25, -0.2) is 0 Å². The van der Waals surface area contributed by atoms with Crippen LogP contribution in [0.5, 0.6) is 0 Å². The number of rotatable bonds is 1. The zero-order valence-corrected chi connectivity index (χ0v) is 9.30. The zero-order chi connectivity index (χ0) is 11.9. The minimum absolute atomic E-state index is 0.102. The molecule has 0 radical (unpaired) electrons. The monoisotopic (exact) mass is 229 g/mol. The number of anilines is 1. The molecule has 1 aromatic rings. The maximum absolute atomic E-state index is 12.9. The van der Waals surface area contributed by atoms with Crippen LogP contribution >= 0.6 is 0 Å². The summed E-state index contributed by atoms with van der Waals surface area (Å²) in [6.07, 6.45) is -3.56. The Balaban J connectivity index is 2.54. The lowest BCUT2D eigenvalue weighted by atomic mass is 10.1. The van der Waals surface area contributed by atoms with Crippen LogP contribution in [-0.4, -0.2) is 12.6 Å². The van der Waals surface area contributed by atoms with E-state index in [1.54, 1.807) is 6.07 Å². The van der Waals surface area contributed by atoms with Gasteiger partial charge in [0.25, 0.3) is 0 Å². The lowest BCUT2D eigenvalue weighted by Gasteiger charge is -2.26. The Bertz CT molecular complexity index is 396. The molecule has 4 heteroatoms. The largest absolute Gasteiger partial charge is 0.418 e. The van der Waals surface area contributed by atoms with Gasteiger partial charge in [-0.15, -0.1) is 0 Å². The molecule has 0 spiro atoms. The molecule has 0 bridgehead atoms. The number of halogens is 3. The predicted octanol–water partition coefficient (Wildman–Crippen LogP) is 3.48. The standard InChI is InChI=1S/C12H14F3N/c1-8(2)16-7-6-9-4-3-5-10(11(9)16)12(13,14)15/h3-5,8H,6-7H2,1-2H3. The van der Waals surface area contributed by atoms with Gasteiger partial charge in [-0.2, -0.15) is 13.2 Å². The summed E-state index contributed by atoms with van der Waals surface area (Å²) in [6.45, 7) is 4.52. The van der Waals surface area contributed by atoms with Crippen molar-refractivity contribution in [2.45, 2.75) is 32.5 Å². The Morgan fingerprint density at radius 3 is 2.50 bits per heavy atom. The molecule has 0 aliphatic carbocycles. The molecule has 0 fully saturated rings. The normalized spacial score (nSPS) is 15.8. The van der Waals surface area contributed by atoms with Crippen LogP contribution in [0, 0.1) is 0 Å². The topological polar surface area (TPSA) is 3.24 Å². The lowest BCUT2D eigenvalue weighted by molar-refractivity contribution is -0.137. The molecule has 0 amide bonds. The first-order valence-electron chi connectivity index (χ1n) is 5.37. The van der Waals surface area contributed by atoms with Crippen LogP contribution in [0.15, 0.2) is 18.2 Å². The van der Waals surface area contributed by atoms with Crippen LogP contribution in [0.3, 0.4) is 0 Å². The summed E-state index contributed by atoms with van der Waals surface area (Å²) in [5.74, 6) is 0. The second kappa shape index (κ2) is 3.68. The highest BCUT2D eigenvalue weighted by molar-refractivity contribution is 5.64. The van der Waals surface area contributed by atoms with Crippen molar-refractivity contribution in [1.29, 1.82) is 0 Å². The van der Waals surface area contributed by atoms with Crippen LogP contribution in [0.2, 0.25) is 0 Å². The average Bonchev–Trinajstić information content (AvgIpc) is 2.58.